The maximum Gasteiger partial charge on any atom is 0.257 e. The number of nitrogens with one attached hydrogen (secondary N) is 1. The van der Waals surface area contributed by atoms with Crippen molar-refractivity contribution in [3.63, 3.8) is 0 Å². The van der Waals surface area contributed by atoms with Crippen LogP contribution in [0.2, 0.25) is 0 Å². The molecule has 0 saturated heterocycles. The topological polar surface area (TPSA) is 52.9 Å². The lowest BCUT2D eigenvalue weighted by molar-refractivity contribution is 0.102. The minimum absolute atomic E-state index is 0.192. The van der Waals surface area contributed by atoms with Crippen molar-refractivity contribution in [2.75, 3.05) is 5.32 Å². The lowest BCUT2D eigenvalue weighted by Gasteiger charge is -2.08. The quantitative estimate of drug-likeness (QED) is 0.396. The predicted molar refractivity (Wildman–Crippen MR) is 104 cm³/mol. The molecule has 2 aromatic rings. The predicted octanol–water partition coefficient (Wildman–Crippen LogP) is 5.49. The zero-order chi connectivity index (χ0) is 15.9. The van der Waals surface area contributed by atoms with E-state index in [0.717, 1.165) is 37.3 Å². The Bertz CT molecular complexity index is 826. The highest BCUT2D eigenvalue weighted by Crippen LogP contribution is 2.39. The van der Waals surface area contributed by atoms with E-state index in [4.69, 9.17) is 0 Å². The van der Waals surface area contributed by atoms with Crippen LogP contribution in [0.4, 0.5) is 5.00 Å². The van der Waals surface area contributed by atoms with Gasteiger partial charge < -0.3 is 5.32 Å². The fourth-order valence-corrected chi connectivity index (χ4v) is 5.52. The molecule has 0 spiro atoms. The number of carbonyl (C=O) groups is 1. The second kappa shape index (κ2) is 6.59. The van der Waals surface area contributed by atoms with Crippen molar-refractivity contribution in [2.45, 2.75) is 19.3 Å². The van der Waals surface area contributed by atoms with Gasteiger partial charge in [0, 0.05) is 17.4 Å². The molecule has 3 rings (SSSR count). The smallest absolute Gasteiger partial charge is 0.257 e. The summed E-state index contributed by atoms with van der Waals surface area (Å²) in [5.74, 6) is -0.192. The Morgan fingerprint density at radius 1 is 1.36 bits per heavy atom. The molecule has 0 unspecified atom stereocenters. The van der Waals surface area contributed by atoms with Crippen LogP contribution in [0, 0.1) is 14.9 Å². The van der Waals surface area contributed by atoms with Gasteiger partial charge >= 0.3 is 0 Å². The van der Waals surface area contributed by atoms with Gasteiger partial charge in [-0.25, -0.2) is 0 Å². The summed E-state index contributed by atoms with van der Waals surface area (Å²) in [4.78, 5) is 13.8. The van der Waals surface area contributed by atoms with Gasteiger partial charge in [-0.3, -0.25) is 4.79 Å². The summed E-state index contributed by atoms with van der Waals surface area (Å²) in [6, 6.07) is 5.93. The first kappa shape index (κ1) is 16.4. The number of nitrogens with zero attached hydrogens (tertiary/aromatic N) is 1. The largest absolute Gasteiger partial charge is 0.312 e. The number of carbonyl (C=O) groups excluding carboxylic acids is 1. The highest BCUT2D eigenvalue weighted by molar-refractivity contribution is 14.1. The molecule has 112 valence electrons. The summed E-state index contributed by atoms with van der Waals surface area (Å²) < 4.78 is 2.54. The number of amides is 1. The first-order valence-electron chi connectivity index (χ1n) is 6.51. The molecule has 0 fully saturated rings. The lowest BCUT2D eigenvalue weighted by atomic mass is 10.1. The summed E-state index contributed by atoms with van der Waals surface area (Å²) in [7, 11) is 0. The van der Waals surface area contributed by atoms with Crippen molar-refractivity contribution >= 4 is 76.7 Å². The SMILES string of the molecule is N#Cc1c(NC(=O)c2cc(Br)cc(Br)c2I)sc2c1CCC2. The summed E-state index contributed by atoms with van der Waals surface area (Å²) in [6.45, 7) is 0. The Labute approximate surface area is 162 Å². The maximum absolute atomic E-state index is 12.6. The molecule has 0 atom stereocenters. The monoisotopic (exact) mass is 550 g/mol. The van der Waals surface area contributed by atoms with Gasteiger partial charge in [-0.05, 0) is 75.5 Å². The third-order valence-corrected chi connectivity index (χ3v) is 7.69. The molecule has 1 aliphatic rings. The number of thiophene rings is 1. The molecular formula is C15H9Br2IN2OS. The third-order valence-electron chi connectivity index (χ3n) is 3.50. The normalized spacial score (nSPS) is 12.8. The summed E-state index contributed by atoms with van der Waals surface area (Å²) in [5, 5.41) is 13.0. The van der Waals surface area contributed by atoms with Crippen molar-refractivity contribution < 1.29 is 4.79 Å². The third kappa shape index (κ3) is 2.98. The fraction of sp³-hybridized carbons (Fsp3) is 0.200. The van der Waals surface area contributed by atoms with Crippen LogP contribution in [0.1, 0.15) is 32.8 Å². The van der Waals surface area contributed by atoms with E-state index in [9.17, 15) is 10.1 Å². The lowest BCUT2D eigenvalue weighted by Crippen LogP contribution is -2.13. The minimum atomic E-state index is -0.192. The Kier molecular flexibility index (Phi) is 4.92. The average molecular weight is 552 g/mol. The molecule has 7 heteroatoms. The van der Waals surface area contributed by atoms with Gasteiger partial charge in [0.2, 0.25) is 0 Å². The molecule has 0 saturated carbocycles. The number of anilines is 1. The van der Waals surface area contributed by atoms with E-state index in [1.165, 1.54) is 16.2 Å². The van der Waals surface area contributed by atoms with Crippen LogP contribution in [0.25, 0.3) is 0 Å². The van der Waals surface area contributed by atoms with Gasteiger partial charge in [0.15, 0.2) is 0 Å². The van der Waals surface area contributed by atoms with Crippen LogP contribution in [-0.2, 0) is 12.8 Å². The summed E-state index contributed by atoms with van der Waals surface area (Å²) >= 11 is 10.5. The number of benzene rings is 1. The molecule has 0 radical (unpaired) electrons. The fourth-order valence-electron chi connectivity index (χ4n) is 2.50. The molecule has 1 amide bonds. The van der Waals surface area contributed by atoms with Gasteiger partial charge in [-0.2, -0.15) is 5.26 Å². The van der Waals surface area contributed by atoms with Crippen LogP contribution < -0.4 is 5.32 Å². The van der Waals surface area contributed by atoms with E-state index >= 15 is 0 Å². The number of fused-ring (bicyclic) bond motifs is 1. The second-order valence-corrected chi connectivity index (χ2v) is 8.83. The summed E-state index contributed by atoms with van der Waals surface area (Å²) in [6.07, 6.45) is 3.04. The Morgan fingerprint density at radius 2 is 2.14 bits per heavy atom. The van der Waals surface area contributed by atoms with Gasteiger partial charge in [0.25, 0.3) is 5.91 Å². The number of rotatable bonds is 2. The highest BCUT2D eigenvalue weighted by Gasteiger charge is 2.24. The molecule has 0 aliphatic heterocycles. The number of hydrogen-bond donors (Lipinski definition) is 1. The van der Waals surface area contributed by atoms with E-state index in [-0.39, 0.29) is 5.91 Å². The Balaban J connectivity index is 1.95. The maximum atomic E-state index is 12.6. The van der Waals surface area contributed by atoms with Gasteiger partial charge in [0.1, 0.15) is 11.1 Å². The Hall–Kier alpha value is -0.430. The van der Waals surface area contributed by atoms with Crippen LogP contribution >= 0.6 is 65.8 Å². The van der Waals surface area contributed by atoms with Crippen molar-refractivity contribution in [2.24, 2.45) is 0 Å². The van der Waals surface area contributed by atoms with Crippen LogP contribution in [0.15, 0.2) is 21.1 Å². The molecule has 0 bridgehead atoms. The van der Waals surface area contributed by atoms with Crippen molar-refractivity contribution in [3.05, 3.63) is 46.2 Å². The highest BCUT2D eigenvalue weighted by atomic mass is 127. The van der Waals surface area contributed by atoms with Gasteiger partial charge in [0.05, 0.1) is 11.1 Å². The van der Waals surface area contributed by atoms with Crippen LogP contribution in [0.5, 0.6) is 0 Å². The zero-order valence-electron chi connectivity index (χ0n) is 11.2. The number of hydrogen-bond acceptors (Lipinski definition) is 3. The van der Waals surface area contributed by atoms with E-state index < -0.39 is 0 Å². The molecule has 1 aliphatic carbocycles. The van der Waals surface area contributed by atoms with Crippen LogP contribution in [0.3, 0.4) is 0 Å². The van der Waals surface area contributed by atoms with Crippen LogP contribution in [-0.4, -0.2) is 5.91 Å². The first-order valence-corrected chi connectivity index (χ1v) is 10.00. The molecule has 1 N–H and O–H groups in total. The minimum Gasteiger partial charge on any atom is -0.312 e. The first-order chi connectivity index (χ1) is 10.5. The Morgan fingerprint density at radius 3 is 2.86 bits per heavy atom. The molecule has 1 aromatic heterocycles. The summed E-state index contributed by atoms with van der Waals surface area (Å²) in [5.41, 5.74) is 2.34. The van der Waals surface area contributed by atoms with E-state index in [1.807, 2.05) is 6.07 Å². The number of nitriles is 1. The molecule has 3 nitrogen and oxygen atoms in total. The second-order valence-electron chi connectivity index (χ2n) is 4.88. The van der Waals surface area contributed by atoms with Crippen molar-refractivity contribution in [1.29, 1.82) is 5.26 Å². The number of halogens is 3. The van der Waals surface area contributed by atoms with E-state index in [2.05, 4.69) is 65.8 Å². The van der Waals surface area contributed by atoms with Crippen molar-refractivity contribution in [1.82, 2.24) is 0 Å². The molecular weight excluding hydrogens is 543 g/mol. The molecule has 1 heterocycles. The molecule has 22 heavy (non-hydrogen) atoms. The van der Waals surface area contributed by atoms with E-state index in [0.29, 0.717) is 16.1 Å². The average Bonchev–Trinajstić information content (AvgIpc) is 3.02. The standard InChI is InChI=1S/C15H9Br2IN2OS/c16-7-4-9(13(18)11(17)5-7)14(21)20-15-10(6-19)8-2-1-3-12(8)22-15/h4-5H,1-3H2,(H,20,21). The van der Waals surface area contributed by atoms with Gasteiger partial charge in [-0.15, -0.1) is 11.3 Å². The van der Waals surface area contributed by atoms with Crippen molar-refractivity contribution in [3.8, 4) is 6.07 Å². The van der Waals surface area contributed by atoms with E-state index in [1.54, 1.807) is 6.07 Å². The van der Waals surface area contributed by atoms with Gasteiger partial charge in [-0.1, -0.05) is 15.9 Å². The number of aryl methyl sites for hydroxylation is 1. The molecule has 1 aromatic carbocycles. The zero-order valence-corrected chi connectivity index (χ0v) is 17.3.